The summed E-state index contributed by atoms with van der Waals surface area (Å²) < 4.78 is 7.25. The van der Waals surface area contributed by atoms with Crippen LogP contribution in [0, 0.1) is 6.92 Å². The predicted octanol–water partition coefficient (Wildman–Crippen LogP) is 0.396. The van der Waals surface area contributed by atoms with Crippen molar-refractivity contribution in [1.29, 1.82) is 0 Å². The first-order chi connectivity index (χ1) is 8.95. The first-order valence-corrected chi connectivity index (χ1v) is 6.58. The Hall–Kier alpha value is -1.40. The van der Waals surface area contributed by atoms with Crippen LogP contribution < -0.4 is 10.3 Å². The van der Waals surface area contributed by atoms with Gasteiger partial charge >= 0.3 is 6.01 Å². The van der Waals surface area contributed by atoms with E-state index in [4.69, 9.17) is 4.74 Å². The van der Waals surface area contributed by atoms with Crippen molar-refractivity contribution in [3.63, 3.8) is 0 Å². The van der Waals surface area contributed by atoms with E-state index in [0.29, 0.717) is 12.0 Å². The highest BCUT2D eigenvalue weighted by atomic mass is 16.5. The van der Waals surface area contributed by atoms with Crippen molar-refractivity contribution in [2.45, 2.75) is 58.0 Å². The molecular weight excluding hydrogens is 248 g/mol. The van der Waals surface area contributed by atoms with Crippen LogP contribution in [0.1, 0.15) is 38.3 Å². The van der Waals surface area contributed by atoms with Crippen molar-refractivity contribution < 1.29 is 14.9 Å². The monoisotopic (exact) mass is 268 g/mol. The molecule has 4 atom stereocenters. The first kappa shape index (κ1) is 14.0. The Bertz CT molecular complexity index is 514. The molecule has 4 unspecified atom stereocenters. The van der Waals surface area contributed by atoms with Gasteiger partial charge in [0, 0.05) is 11.8 Å². The number of hydrogen-bond donors (Lipinski definition) is 2. The third kappa shape index (κ3) is 2.50. The fourth-order valence-corrected chi connectivity index (χ4v) is 2.35. The van der Waals surface area contributed by atoms with E-state index in [2.05, 4.69) is 4.98 Å². The Morgan fingerprint density at radius 2 is 2.21 bits per heavy atom. The molecule has 0 aliphatic carbocycles. The Morgan fingerprint density at radius 3 is 2.84 bits per heavy atom. The van der Waals surface area contributed by atoms with Crippen molar-refractivity contribution in [2.75, 3.05) is 0 Å². The molecule has 2 N–H and O–H groups in total. The average Bonchev–Trinajstić information content (AvgIpc) is 2.67. The molecule has 0 amide bonds. The molecule has 0 spiro atoms. The highest BCUT2D eigenvalue weighted by Crippen LogP contribution is 2.31. The van der Waals surface area contributed by atoms with Crippen molar-refractivity contribution in [3.05, 3.63) is 22.1 Å². The van der Waals surface area contributed by atoms with Gasteiger partial charge in [0.15, 0.2) is 6.10 Å². The van der Waals surface area contributed by atoms with Crippen molar-refractivity contribution in [3.8, 4) is 6.01 Å². The smallest absolute Gasteiger partial charge is 0.300 e. The number of aryl methyl sites for hydroxylation is 1. The molecule has 106 valence electrons. The van der Waals surface area contributed by atoms with Crippen LogP contribution in [0.25, 0.3) is 0 Å². The Labute approximate surface area is 111 Å². The van der Waals surface area contributed by atoms with E-state index < -0.39 is 18.3 Å². The molecule has 0 aromatic carbocycles. The van der Waals surface area contributed by atoms with Crippen molar-refractivity contribution >= 4 is 0 Å². The minimum absolute atomic E-state index is 0.177. The van der Waals surface area contributed by atoms with Crippen LogP contribution in [-0.4, -0.2) is 38.1 Å². The number of rotatable bonds is 4. The van der Waals surface area contributed by atoms with Gasteiger partial charge in [0.2, 0.25) is 0 Å². The standard InChI is InChI=1S/C13H20N2O4/c1-4-5-9(16)10(17)11-8(3)15-6-7(2)12(18)14-13(15)19-11/h6,8-11,16-17H,4-5H2,1-3H3. The van der Waals surface area contributed by atoms with Gasteiger partial charge < -0.3 is 14.9 Å². The topological polar surface area (TPSA) is 84.6 Å². The molecule has 1 aromatic rings. The summed E-state index contributed by atoms with van der Waals surface area (Å²) >= 11 is 0. The van der Waals surface area contributed by atoms with E-state index in [-0.39, 0.29) is 17.6 Å². The number of nitrogens with zero attached hydrogens (tertiary/aromatic N) is 2. The molecule has 0 radical (unpaired) electrons. The SMILES string of the molecule is CCCC(O)C(O)C1Oc2nc(=O)c(C)cn2C1C. The van der Waals surface area contributed by atoms with Gasteiger partial charge in [-0.3, -0.25) is 9.36 Å². The zero-order valence-corrected chi connectivity index (χ0v) is 11.4. The second-order valence-corrected chi connectivity index (χ2v) is 5.09. The normalized spacial score (nSPS) is 24.7. The summed E-state index contributed by atoms with van der Waals surface area (Å²) in [6, 6.07) is 0.0270. The van der Waals surface area contributed by atoms with Crippen LogP contribution in [0.4, 0.5) is 0 Å². The summed E-state index contributed by atoms with van der Waals surface area (Å²) in [5.74, 6) is 0. The van der Waals surface area contributed by atoms with Gasteiger partial charge in [-0.1, -0.05) is 13.3 Å². The van der Waals surface area contributed by atoms with E-state index in [1.54, 1.807) is 17.7 Å². The molecule has 6 heteroatoms. The molecule has 2 heterocycles. The van der Waals surface area contributed by atoms with E-state index >= 15 is 0 Å². The lowest BCUT2D eigenvalue weighted by atomic mass is 9.99. The fraction of sp³-hybridized carbons (Fsp3) is 0.692. The van der Waals surface area contributed by atoms with E-state index in [9.17, 15) is 15.0 Å². The Kier molecular flexibility index (Phi) is 3.91. The molecule has 0 fully saturated rings. The lowest BCUT2D eigenvalue weighted by molar-refractivity contribution is -0.0534. The van der Waals surface area contributed by atoms with Crippen LogP contribution in [0.3, 0.4) is 0 Å². The predicted molar refractivity (Wildman–Crippen MR) is 69.3 cm³/mol. The highest BCUT2D eigenvalue weighted by Gasteiger charge is 2.39. The number of aliphatic hydroxyl groups excluding tert-OH is 2. The van der Waals surface area contributed by atoms with Gasteiger partial charge in [-0.15, -0.1) is 0 Å². The van der Waals surface area contributed by atoms with Gasteiger partial charge in [-0.2, -0.15) is 4.98 Å². The maximum atomic E-state index is 11.5. The molecule has 2 rings (SSSR count). The molecule has 1 aliphatic heterocycles. The summed E-state index contributed by atoms with van der Waals surface area (Å²) in [6.45, 7) is 5.49. The molecule has 0 saturated carbocycles. The van der Waals surface area contributed by atoms with Gasteiger partial charge in [0.25, 0.3) is 5.56 Å². The van der Waals surface area contributed by atoms with Crippen LogP contribution in [-0.2, 0) is 0 Å². The number of hydrogen-bond acceptors (Lipinski definition) is 5. The van der Waals surface area contributed by atoms with Gasteiger partial charge in [-0.05, 0) is 20.3 Å². The van der Waals surface area contributed by atoms with Gasteiger partial charge in [0.05, 0.1) is 12.1 Å². The maximum Gasteiger partial charge on any atom is 0.300 e. The zero-order chi connectivity index (χ0) is 14.2. The highest BCUT2D eigenvalue weighted by molar-refractivity contribution is 5.14. The number of fused-ring (bicyclic) bond motifs is 1. The summed E-state index contributed by atoms with van der Waals surface area (Å²) in [5, 5.41) is 20.0. The molecule has 1 aliphatic rings. The van der Waals surface area contributed by atoms with Gasteiger partial charge in [0.1, 0.15) is 6.10 Å². The van der Waals surface area contributed by atoms with Crippen molar-refractivity contribution in [1.82, 2.24) is 9.55 Å². The largest absolute Gasteiger partial charge is 0.456 e. The van der Waals surface area contributed by atoms with Crippen LogP contribution in [0.5, 0.6) is 6.01 Å². The molecule has 0 bridgehead atoms. The summed E-state index contributed by atoms with van der Waals surface area (Å²) in [6.07, 6.45) is 0.548. The molecule has 1 aromatic heterocycles. The fourth-order valence-electron chi connectivity index (χ4n) is 2.35. The van der Waals surface area contributed by atoms with E-state index in [1.165, 1.54) is 0 Å². The van der Waals surface area contributed by atoms with Crippen molar-refractivity contribution in [2.24, 2.45) is 0 Å². The summed E-state index contributed by atoms with van der Waals surface area (Å²) in [4.78, 5) is 15.3. The Morgan fingerprint density at radius 1 is 1.53 bits per heavy atom. The van der Waals surface area contributed by atoms with E-state index in [1.807, 2.05) is 13.8 Å². The second-order valence-electron chi connectivity index (χ2n) is 5.09. The Balaban J connectivity index is 2.23. The number of ether oxygens (including phenoxy) is 1. The third-order valence-corrected chi connectivity index (χ3v) is 3.56. The second kappa shape index (κ2) is 5.30. The first-order valence-electron chi connectivity index (χ1n) is 6.58. The molecule has 19 heavy (non-hydrogen) atoms. The van der Waals surface area contributed by atoms with Crippen LogP contribution >= 0.6 is 0 Å². The molecule has 0 saturated heterocycles. The quantitative estimate of drug-likeness (QED) is 0.825. The average molecular weight is 268 g/mol. The lowest BCUT2D eigenvalue weighted by Gasteiger charge is -2.25. The summed E-state index contributed by atoms with van der Waals surface area (Å²) in [7, 11) is 0. The van der Waals surface area contributed by atoms with E-state index in [0.717, 1.165) is 6.42 Å². The zero-order valence-electron chi connectivity index (χ0n) is 11.4. The minimum atomic E-state index is -0.993. The third-order valence-electron chi connectivity index (χ3n) is 3.56. The molecule has 6 nitrogen and oxygen atoms in total. The minimum Gasteiger partial charge on any atom is -0.456 e. The van der Waals surface area contributed by atoms with Gasteiger partial charge in [-0.25, -0.2) is 0 Å². The number of aliphatic hydroxyl groups is 2. The lowest BCUT2D eigenvalue weighted by Crippen LogP contribution is -2.41. The molecular formula is C13H20N2O4. The van der Waals surface area contributed by atoms with Crippen LogP contribution in [0.15, 0.2) is 11.0 Å². The van der Waals surface area contributed by atoms with Crippen LogP contribution in [0.2, 0.25) is 0 Å². The summed E-state index contributed by atoms with van der Waals surface area (Å²) in [5.41, 5.74) is 0.200. The maximum absolute atomic E-state index is 11.5. The number of aromatic nitrogens is 2.